The van der Waals surface area contributed by atoms with Gasteiger partial charge in [-0.1, -0.05) is 25.5 Å². The van der Waals surface area contributed by atoms with E-state index in [1.807, 2.05) is 0 Å². The maximum Gasteiger partial charge on any atom is 0.139 e. The van der Waals surface area contributed by atoms with Gasteiger partial charge in [0.15, 0.2) is 0 Å². The van der Waals surface area contributed by atoms with Gasteiger partial charge in [-0.25, -0.2) is 0 Å². The van der Waals surface area contributed by atoms with Gasteiger partial charge in [0, 0.05) is 17.8 Å². The van der Waals surface area contributed by atoms with Crippen LogP contribution in [-0.2, 0) is 4.79 Å². The Labute approximate surface area is 128 Å². The molecule has 0 aromatic rings. The van der Waals surface area contributed by atoms with Gasteiger partial charge < -0.3 is 5.11 Å². The number of carbonyl (C=O) groups excluding carboxylic acids is 1. The first-order chi connectivity index (χ1) is 9.97. The molecule has 6 atom stereocenters. The minimum Gasteiger partial charge on any atom is -0.392 e. The van der Waals surface area contributed by atoms with Crippen molar-refractivity contribution in [1.29, 1.82) is 0 Å². The first kappa shape index (κ1) is 14.0. The number of carbonyl (C=O) groups is 1. The second-order valence-electron chi connectivity index (χ2n) is 8.56. The van der Waals surface area contributed by atoms with Crippen LogP contribution in [0.25, 0.3) is 0 Å². The molecule has 0 aromatic carbocycles. The topological polar surface area (TPSA) is 37.3 Å². The third kappa shape index (κ3) is 1.72. The highest BCUT2D eigenvalue weighted by atomic mass is 16.3. The Morgan fingerprint density at radius 2 is 2.05 bits per heavy atom. The molecule has 1 N–H and O–H groups in total. The van der Waals surface area contributed by atoms with Crippen molar-refractivity contribution < 1.29 is 9.90 Å². The zero-order valence-electron chi connectivity index (χ0n) is 13.4. The van der Waals surface area contributed by atoms with Crippen molar-refractivity contribution in [2.24, 2.45) is 28.6 Å². The van der Waals surface area contributed by atoms with Crippen LogP contribution in [0.2, 0.25) is 0 Å². The summed E-state index contributed by atoms with van der Waals surface area (Å²) in [7, 11) is 0. The number of hydrogen-bond donors (Lipinski definition) is 1. The minimum atomic E-state index is -0.396. The third-order valence-electron chi connectivity index (χ3n) is 7.74. The molecule has 4 aliphatic rings. The standard InChI is InChI=1S/C19H28O2/c1-18-9-4-3-5-12(18)6-7-13-14(18)8-10-19(2)16(21)11-15(20)17(13)19/h5,13-14,16-17,21H,3-4,6-11H2,1-2H3/t13-,14+,16?,17-,18+,19-/m1/s1. The van der Waals surface area contributed by atoms with Crippen LogP contribution >= 0.6 is 0 Å². The molecule has 3 fully saturated rings. The van der Waals surface area contributed by atoms with Crippen LogP contribution in [-0.4, -0.2) is 17.0 Å². The van der Waals surface area contributed by atoms with Crippen LogP contribution in [0, 0.1) is 28.6 Å². The fraction of sp³-hybridized carbons (Fsp3) is 0.842. The van der Waals surface area contributed by atoms with Gasteiger partial charge in [0.2, 0.25) is 0 Å². The smallest absolute Gasteiger partial charge is 0.139 e. The molecule has 2 nitrogen and oxygen atoms in total. The van der Waals surface area contributed by atoms with Crippen molar-refractivity contribution >= 4 is 5.78 Å². The van der Waals surface area contributed by atoms with Crippen LogP contribution in [0.4, 0.5) is 0 Å². The quantitative estimate of drug-likeness (QED) is 0.687. The lowest BCUT2D eigenvalue weighted by atomic mass is 9.47. The zero-order chi connectivity index (χ0) is 14.8. The lowest BCUT2D eigenvalue weighted by Crippen LogP contribution is -2.52. The molecule has 4 aliphatic carbocycles. The Hall–Kier alpha value is -0.630. The van der Waals surface area contributed by atoms with Crippen molar-refractivity contribution in [3.63, 3.8) is 0 Å². The summed E-state index contributed by atoms with van der Waals surface area (Å²) in [6.07, 6.45) is 11.0. The summed E-state index contributed by atoms with van der Waals surface area (Å²) in [4.78, 5) is 12.6. The van der Waals surface area contributed by atoms with Gasteiger partial charge in [0.25, 0.3) is 0 Å². The molecule has 0 amide bonds. The van der Waals surface area contributed by atoms with E-state index in [4.69, 9.17) is 0 Å². The van der Waals surface area contributed by atoms with Crippen molar-refractivity contribution in [3.8, 4) is 0 Å². The second kappa shape index (κ2) is 4.44. The maximum atomic E-state index is 12.6. The summed E-state index contributed by atoms with van der Waals surface area (Å²) in [6, 6.07) is 0. The number of aliphatic hydroxyl groups is 1. The summed E-state index contributed by atoms with van der Waals surface area (Å²) in [6.45, 7) is 4.64. The monoisotopic (exact) mass is 288 g/mol. The first-order valence-electron chi connectivity index (χ1n) is 8.87. The predicted molar refractivity (Wildman–Crippen MR) is 82.7 cm³/mol. The van der Waals surface area contributed by atoms with Crippen LogP contribution < -0.4 is 0 Å². The molecule has 3 saturated carbocycles. The average molecular weight is 288 g/mol. The van der Waals surface area contributed by atoms with E-state index >= 15 is 0 Å². The number of aliphatic hydroxyl groups excluding tert-OH is 1. The zero-order valence-corrected chi connectivity index (χ0v) is 13.4. The number of Topliss-reactive ketones (excluding diaryl/α,β-unsaturated/α-hetero) is 1. The molecular formula is C19H28O2. The summed E-state index contributed by atoms with van der Waals surface area (Å²) in [5.74, 6) is 1.68. The highest BCUT2D eigenvalue weighted by Gasteiger charge is 2.61. The third-order valence-corrected chi connectivity index (χ3v) is 7.74. The Morgan fingerprint density at radius 1 is 1.24 bits per heavy atom. The number of ketones is 1. The molecule has 0 saturated heterocycles. The van der Waals surface area contributed by atoms with Crippen LogP contribution in [0.3, 0.4) is 0 Å². The molecule has 1 unspecified atom stereocenters. The predicted octanol–water partition coefficient (Wildman–Crippen LogP) is 3.88. The number of fused-ring (bicyclic) bond motifs is 5. The van der Waals surface area contributed by atoms with E-state index in [-0.39, 0.29) is 11.3 Å². The van der Waals surface area contributed by atoms with E-state index < -0.39 is 6.10 Å². The molecule has 2 heteroatoms. The van der Waals surface area contributed by atoms with Crippen molar-refractivity contribution in [1.82, 2.24) is 0 Å². The van der Waals surface area contributed by atoms with Crippen molar-refractivity contribution in [2.75, 3.05) is 0 Å². The Kier molecular flexibility index (Phi) is 2.96. The van der Waals surface area contributed by atoms with Crippen LogP contribution in [0.1, 0.15) is 65.2 Å². The van der Waals surface area contributed by atoms with Gasteiger partial charge in [-0.2, -0.15) is 0 Å². The number of allylic oxidation sites excluding steroid dienone is 2. The SMILES string of the molecule is C[C@]12CCCC=C1CC[C@@H]1[C@@H]2CC[C@]2(C)C(O)CC(=O)[C@@H]12. The van der Waals surface area contributed by atoms with Gasteiger partial charge in [-0.15, -0.1) is 0 Å². The molecule has 0 radical (unpaired) electrons. The van der Waals surface area contributed by atoms with E-state index in [0.29, 0.717) is 29.5 Å². The highest BCUT2D eigenvalue weighted by molar-refractivity contribution is 5.85. The molecule has 0 heterocycles. The highest BCUT2D eigenvalue weighted by Crippen LogP contribution is 2.64. The van der Waals surface area contributed by atoms with E-state index in [2.05, 4.69) is 19.9 Å². The molecule has 116 valence electrons. The van der Waals surface area contributed by atoms with Crippen molar-refractivity contribution in [2.45, 2.75) is 71.3 Å². The van der Waals surface area contributed by atoms with Crippen LogP contribution in [0.15, 0.2) is 11.6 Å². The van der Waals surface area contributed by atoms with E-state index in [0.717, 1.165) is 6.42 Å². The summed E-state index contributed by atoms with van der Waals surface area (Å²) in [5.41, 5.74) is 1.89. The summed E-state index contributed by atoms with van der Waals surface area (Å²) < 4.78 is 0. The first-order valence-corrected chi connectivity index (χ1v) is 8.87. The summed E-state index contributed by atoms with van der Waals surface area (Å²) in [5, 5.41) is 10.4. The van der Waals surface area contributed by atoms with Crippen molar-refractivity contribution in [3.05, 3.63) is 11.6 Å². The van der Waals surface area contributed by atoms with E-state index in [9.17, 15) is 9.90 Å². The maximum absolute atomic E-state index is 12.6. The Morgan fingerprint density at radius 3 is 2.86 bits per heavy atom. The lowest BCUT2D eigenvalue weighted by molar-refractivity contribution is -0.131. The number of rotatable bonds is 0. The molecule has 4 rings (SSSR count). The molecule has 0 bridgehead atoms. The minimum absolute atomic E-state index is 0.131. The fourth-order valence-electron chi connectivity index (χ4n) is 6.52. The molecular weight excluding hydrogens is 260 g/mol. The molecule has 0 spiro atoms. The van der Waals surface area contributed by atoms with Gasteiger partial charge >= 0.3 is 0 Å². The second-order valence-corrected chi connectivity index (χ2v) is 8.56. The lowest BCUT2D eigenvalue weighted by Gasteiger charge is -2.57. The molecule has 0 aromatic heterocycles. The molecule has 0 aliphatic heterocycles. The normalized spacial score (nSPS) is 52.7. The summed E-state index contributed by atoms with van der Waals surface area (Å²) >= 11 is 0. The van der Waals surface area contributed by atoms with Gasteiger partial charge in [0.1, 0.15) is 5.78 Å². The Bertz CT molecular complexity index is 508. The van der Waals surface area contributed by atoms with Crippen LogP contribution in [0.5, 0.6) is 0 Å². The number of hydrogen-bond acceptors (Lipinski definition) is 2. The largest absolute Gasteiger partial charge is 0.392 e. The van der Waals surface area contributed by atoms with E-state index in [1.54, 1.807) is 5.57 Å². The van der Waals surface area contributed by atoms with E-state index in [1.165, 1.54) is 38.5 Å². The Balaban J connectivity index is 1.73. The molecule has 21 heavy (non-hydrogen) atoms. The fourth-order valence-corrected chi connectivity index (χ4v) is 6.52. The van der Waals surface area contributed by atoms with Gasteiger partial charge in [-0.05, 0) is 62.2 Å². The average Bonchev–Trinajstić information content (AvgIpc) is 2.68. The van der Waals surface area contributed by atoms with Gasteiger partial charge in [0.05, 0.1) is 6.10 Å². The van der Waals surface area contributed by atoms with Gasteiger partial charge in [-0.3, -0.25) is 4.79 Å².